The van der Waals surface area contributed by atoms with Crippen LogP contribution in [0.25, 0.3) is 0 Å². The van der Waals surface area contributed by atoms with Gasteiger partial charge >= 0.3 is 6.16 Å². The molecule has 3 rings (SSSR count). The molecule has 20 heavy (non-hydrogen) atoms. The van der Waals surface area contributed by atoms with Crippen molar-refractivity contribution in [2.75, 3.05) is 6.61 Å². The molecule has 3 aliphatic rings. The average molecular weight is 285 g/mol. The highest BCUT2D eigenvalue weighted by Crippen LogP contribution is 2.40. The van der Waals surface area contributed by atoms with Crippen molar-refractivity contribution in [1.82, 2.24) is 4.90 Å². The van der Waals surface area contributed by atoms with Crippen molar-refractivity contribution in [3.05, 3.63) is 12.3 Å². The number of ketones is 1. The monoisotopic (exact) mass is 285 g/mol. The molecule has 4 atom stereocenters. The zero-order valence-electron chi connectivity index (χ0n) is 10.6. The van der Waals surface area contributed by atoms with Crippen LogP contribution in [0.3, 0.4) is 0 Å². The number of halogens is 1. The molecular weight excluding hydrogens is 273 g/mol. The molecule has 3 heterocycles. The summed E-state index contributed by atoms with van der Waals surface area (Å²) in [5.74, 6) is -0.908. The molecule has 0 aromatic heterocycles. The fourth-order valence-corrected chi connectivity index (χ4v) is 2.57. The summed E-state index contributed by atoms with van der Waals surface area (Å²) in [5.41, 5.74) is -2.09. The maximum absolute atomic E-state index is 14.9. The van der Waals surface area contributed by atoms with Gasteiger partial charge in [0.25, 0.3) is 0 Å². The van der Waals surface area contributed by atoms with Gasteiger partial charge in [-0.05, 0) is 13.0 Å². The molecule has 2 saturated heterocycles. The predicted molar refractivity (Wildman–Crippen MR) is 60.0 cm³/mol. The van der Waals surface area contributed by atoms with Crippen LogP contribution in [0.2, 0.25) is 0 Å². The maximum atomic E-state index is 14.9. The van der Waals surface area contributed by atoms with E-state index in [0.29, 0.717) is 0 Å². The molecule has 0 bridgehead atoms. The molecule has 2 fully saturated rings. The second-order valence-electron chi connectivity index (χ2n) is 5.04. The highest BCUT2D eigenvalue weighted by molar-refractivity contribution is 6.06. The van der Waals surface area contributed by atoms with Crippen LogP contribution in [0.1, 0.15) is 13.3 Å². The van der Waals surface area contributed by atoms with Crippen LogP contribution < -0.4 is 0 Å². The summed E-state index contributed by atoms with van der Waals surface area (Å²) < 4.78 is 29.8. The molecule has 0 saturated carbocycles. The number of hydrogen-bond donors (Lipinski definition) is 0. The molecule has 0 spiro atoms. The molecule has 1 amide bonds. The maximum Gasteiger partial charge on any atom is 0.508 e. The van der Waals surface area contributed by atoms with Crippen molar-refractivity contribution in [2.45, 2.75) is 37.4 Å². The van der Waals surface area contributed by atoms with Crippen LogP contribution in [0, 0.1) is 0 Å². The van der Waals surface area contributed by atoms with Crippen LogP contribution in [0.15, 0.2) is 12.3 Å². The standard InChI is InChI=1S/C12H12FNO6/c1-12(13)9-7(5-18-11(17)20-9)19-10(12)14-3-2-6(15)4-8(14)16/h2-3,7,9-10H,4-5H2,1H3/t7-,9?,10-,12-/m1/s1. The third kappa shape index (κ3) is 1.87. The van der Waals surface area contributed by atoms with E-state index in [2.05, 4.69) is 4.74 Å². The molecule has 3 aliphatic heterocycles. The van der Waals surface area contributed by atoms with E-state index in [1.165, 1.54) is 19.2 Å². The number of ether oxygens (including phenoxy) is 3. The van der Waals surface area contributed by atoms with Gasteiger partial charge in [-0.25, -0.2) is 9.18 Å². The second kappa shape index (κ2) is 4.27. The summed E-state index contributed by atoms with van der Waals surface area (Å²) in [6, 6.07) is 0. The number of nitrogens with zero attached hydrogens (tertiary/aromatic N) is 1. The van der Waals surface area contributed by atoms with E-state index in [4.69, 9.17) is 9.47 Å². The Balaban J connectivity index is 1.88. The Bertz CT molecular complexity index is 516. The van der Waals surface area contributed by atoms with Crippen LogP contribution in [-0.4, -0.2) is 53.5 Å². The first-order valence-electron chi connectivity index (χ1n) is 6.09. The van der Waals surface area contributed by atoms with Crippen LogP contribution in [-0.2, 0) is 23.8 Å². The molecule has 0 radical (unpaired) electrons. The lowest BCUT2D eigenvalue weighted by Crippen LogP contribution is -2.53. The van der Waals surface area contributed by atoms with Gasteiger partial charge in [-0.2, -0.15) is 0 Å². The predicted octanol–water partition coefficient (Wildman–Crippen LogP) is 0.290. The van der Waals surface area contributed by atoms with Gasteiger partial charge in [-0.15, -0.1) is 0 Å². The lowest BCUT2D eigenvalue weighted by atomic mass is 9.96. The van der Waals surface area contributed by atoms with Crippen molar-refractivity contribution in [2.24, 2.45) is 0 Å². The third-order valence-electron chi connectivity index (χ3n) is 3.56. The number of alkyl halides is 1. The number of hydrogen-bond acceptors (Lipinski definition) is 6. The van der Waals surface area contributed by atoms with E-state index in [-0.39, 0.29) is 18.8 Å². The van der Waals surface area contributed by atoms with E-state index in [0.717, 1.165) is 4.90 Å². The lowest BCUT2D eigenvalue weighted by molar-refractivity contribution is -0.150. The molecule has 1 unspecified atom stereocenters. The van der Waals surface area contributed by atoms with Crippen LogP contribution in [0.5, 0.6) is 0 Å². The van der Waals surface area contributed by atoms with E-state index in [1.54, 1.807) is 0 Å². The van der Waals surface area contributed by atoms with Crippen molar-refractivity contribution in [3.8, 4) is 0 Å². The van der Waals surface area contributed by atoms with Crippen LogP contribution in [0.4, 0.5) is 9.18 Å². The molecule has 0 N–H and O–H groups in total. The highest BCUT2D eigenvalue weighted by atomic mass is 19.1. The number of amides is 1. The van der Waals surface area contributed by atoms with E-state index in [9.17, 15) is 18.8 Å². The first kappa shape index (κ1) is 13.0. The first-order valence-corrected chi connectivity index (χ1v) is 6.09. The quantitative estimate of drug-likeness (QED) is 0.509. The molecule has 8 heteroatoms. The SMILES string of the molecule is C[C@@]1(F)C2OC(=O)OC[C@H]2O[C@H]1N1C=CC(=O)CC1=O. The smallest absolute Gasteiger partial charge is 0.431 e. The molecular formula is C12H12FNO6. The summed E-state index contributed by atoms with van der Waals surface area (Å²) in [6.45, 7) is 1.06. The number of cyclic esters (lactones) is 1. The van der Waals surface area contributed by atoms with Gasteiger partial charge in [0.05, 0.1) is 6.42 Å². The van der Waals surface area contributed by atoms with Crippen molar-refractivity contribution in [3.63, 3.8) is 0 Å². The number of carbonyl (C=O) groups excluding carboxylic acids is 3. The van der Waals surface area contributed by atoms with E-state index < -0.39 is 36.2 Å². The van der Waals surface area contributed by atoms with Gasteiger partial charge in [0.15, 0.2) is 23.8 Å². The molecule has 0 aliphatic carbocycles. The number of fused-ring (bicyclic) bond motifs is 1. The van der Waals surface area contributed by atoms with Crippen molar-refractivity contribution >= 4 is 17.8 Å². The van der Waals surface area contributed by atoms with Crippen molar-refractivity contribution < 1.29 is 33.0 Å². The van der Waals surface area contributed by atoms with Gasteiger partial charge in [-0.3, -0.25) is 14.5 Å². The highest BCUT2D eigenvalue weighted by Gasteiger charge is 2.61. The number of allylic oxidation sites excluding steroid dienone is 1. The minimum atomic E-state index is -2.09. The molecule has 0 aromatic carbocycles. The normalized spacial score (nSPS) is 40.4. The minimum Gasteiger partial charge on any atom is -0.431 e. The summed E-state index contributed by atoms with van der Waals surface area (Å²) >= 11 is 0. The Labute approximate surface area is 113 Å². The Morgan fingerprint density at radius 1 is 1.40 bits per heavy atom. The van der Waals surface area contributed by atoms with Crippen molar-refractivity contribution in [1.29, 1.82) is 0 Å². The van der Waals surface area contributed by atoms with Gasteiger partial charge in [0.2, 0.25) is 5.91 Å². The summed E-state index contributed by atoms with van der Waals surface area (Å²) in [5, 5.41) is 0. The summed E-state index contributed by atoms with van der Waals surface area (Å²) in [7, 11) is 0. The fraction of sp³-hybridized carbons (Fsp3) is 0.583. The Hall–Kier alpha value is -1.96. The molecule has 108 valence electrons. The summed E-state index contributed by atoms with van der Waals surface area (Å²) in [4.78, 5) is 35.0. The zero-order valence-corrected chi connectivity index (χ0v) is 10.6. The Morgan fingerprint density at radius 3 is 2.85 bits per heavy atom. The van der Waals surface area contributed by atoms with E-state index in [1.807, 2.05) is 0 Å². The molecule has 7 nitrogen and oxygen atoms in total. The van der Waals surface area contributed by atoms with E-state index >= 15 is 0 Å². The first-order chi connectivity index (χ1) is 9.39. The minimum absolute atomic E-state index is 0.135. The zero-order chi connectivity index (χ0) is 14.5. The second-order valence-corrected chi connectivity index (χ2v) is 5.04. The summed E-state index contributed by atoms with van der Waals surface area (Å²) in [6.07, 6.45) is -2.11. The number of rotatable bonds is 1. The van der Waals surface area contributed by atoms with Gasteiger partial charge in [0.1, 0.15) is 12.7 Å². The molecule has 0 aromatic rings. The Kier molecular flexibility index (Phi) is 2.79. The van der Waals surface area contributed by atoms with Gasteiger partial charge in [0, 0.05) is 6.20 Å². The number of carbonyl (C=O) groups is 3. The average Bonchev–Trinajstić information content (AvgIpc) is 2.62. The fourth-order valence-electron chi connectivity index (χ4n) is 2.57. The van der Waals surface area contributed by atoms with Gasteiger partial charge < -0.3 is 14.2 Å². The third-order valence-corrected chi connectivity index (χ3v) is 3.56. The largest absolute Gasteiger partial charge is 0.508 e. The van der Waals surface area contributed by atoms with Crippen LogP contribution >= 0.6 is 0 Å². The van der Waals surface area contributed by atoms with Gasteiger partial charge in [-0.1, -0.05) is 0 Å². The topological polar surface area (TPSA) is 82.1 Å². The lowest BCUT2D eigenvalue weighted by Gasteiger charge is -2.33. The Morgan fingerprint density at radius 2 is 2.15 bits per heavy atom.